The summed E-state index contributed by atoms with van der Waals surface area (Å²) in [6.45, 7) is 9.31. The van der Waals surface area contributed by atoms with Crippen LogP contribution in [0.3, 0.4) is 0 Å². The van der Waals surface area contributed by atoms with Crippen LogP contribution in [0.4, 0.5) is 0 Å². The molecule has 23 heavy (non-hydrogen) atoms. The smallest absolute Gasteiger partial charge is 0.247 e. The van der Waals surface area contributed by atoms with Crippen LogP contribution >= 0.6 is 0 Å². The number of imidazole rings is 1. The van der Waals surface area contributed by atoms with Gasteiger partial charge in [0.25, 0.3) is 5.82 Å². The summed E-state index contributed by atoms with van der Waals surface area (Å²) >= 11 is 0. The van der Waals surface area contributed by atoms with Crippen molar-refractivity contribution >= 4 is 0 Å². The van der Waals surface area contributed by atoms with Crippen molar-refractivity contribution in [2.24, 2.45) is 0 Å². The van der Waals surface area contributed by atoms with Gasteiger partial charge in [-0.3, -0.25) is 0 Å². The zero-order valence-corrected chi connectivity index (χ0v) is 16.2. The van der Waals surface area contributed by atoms with E-state index in [2.05, 4.69) is 49.6 Å². The van der Waals surface area contributed by atoms with Gasteiger partial charge >= 0.3 is 0 Å². The number of hydrogen-bond acceptors (Lipinski definition) is 0. The Balaban J connectivity index is 2.24. The molecule has 134 valence electrons. The van der Waals surface area contributed by atoms with Crippen LogP contribution in [0.25, 0.3) is 0 Å². The molecule has 0 fully saturated rings. The van der Waals surface area contributed by atoms with Crippen LogP contribution in [0.5, 0.6) is 0 Å². The number of hydrogen-bond donors (Lipinski definition) is 1. The monoisotopic (exact) mass is 321 g/mol. The Bertz CT molecular complexity index is 383. The first kappa shape index (κ1) is 20.3. The molecule has 2 nitrogen and oxygen atoms in total. The highest BCUT2D eigenvalue weighted by molar-refractivity contribution is 4.87. The van der Waals surface area contributed by atoms with E-state index in [1.807, 2.05) is 0 Å². The minimum atomic E-state index is 0.622. The van der Waals surface area contributed by atoms with E-state index >= 15 is 0 Å². The molecule has 1 aromatic heterocycles. The number of unbranched alkanes of at least 4 members (excludes halogenated alkanes) is 8. The first-order valence-electron chi connectivity index (χ1n) is 10.3. The fourth-order valence-corrected chi connectivity index (χ4v) is 3.50. The van der Waals surface area contributed by atoms with E-state index in [1.165, 1.54) is 82.9 Å². The molecule has 0 saturated heterocycles. The van der Waals surface area contributed by atoms with E-state index in [1.54, 1.807) is 0 Å². The molecular weight excluding hydrogens is 280 g/mol. The van der Waals surface area contributed by atoms with Crippen LogP contribution in [0.1, 0.15) is 123 Å². The summed E-state index contributed by atoms with van der Waals surface area (Å²) in [5, 5.41) is 0. The van der Waals surface area contributed by atoms with Crippen molar-refractivity contribution in [3.8, 4) is 0 Å². The zero-order valence-electron chi connectivity index (χ0n) is 16.2. The number of H-pyrrole nitrogens is 1. The lowest BCUT2D eigenvalue weighted by Gasteiger charge is -2.13. The van der Waals surface area contributed by atoms with Gasteiger partial charge in [-0.15, -0.1) is 0 Å². The van der Waals surface area contributed by atoms with Crippen LogP contribution in [0, 0.1) is 0 Å². The standard InChI is InChI=1S/C21H40N2/c1-5-7-9-10-11-12-13-14-15-19(3)21-22-17-18-23(21)20(4)16-8-6-2/h17-20H,5-16H2,1-4H3/p+1. The molecular formula is C21H41N2+. The second kappa shape index (κ2) is 12.6. The predicted molar refractivity (Wildman–Crippen MR) is 101 cm³/mol. The van der Waals surface area contributed by atoms with Crippen molar-refractivity contribution in [2.75, 3.05) is 0 Å². The number of aromatic nitrogens is 2. The fourth-order valence-electron chi connectivity index (χ4n) is 3.50. The molecule has 0 bridgehead atoms. The maximum atomic E-state index is 3.50. The van der Waals surface area contributed by atoms with Crippen LogP contribution in [-0.2, 0) is 0 Å². The number of nitrogens with one attached hydrogen (secondary N) is 1. The van der Waals surface area contributed by atoms with Gasteiger partial charge in [0.2, 0.25) is 0 Å². The molecule has 2 heteroatoms. The molecule has 0 spiro atoms. The lowest BCUT2D eigenvalue weighted by Crippen LogP contribution is -2.40. The third kappa shape index (κ3) is 8.04. The van der Waals surface area contributed by atoms with Gasteiger partial charge in [-0.2, -0.15) is 0 Å². The van der Waals surface area contributed by atoms with E-state index in [-0.39, 0.29) is 0 Å². The zero-order chi connectivity index (χ0) is 16.9. The number of rotatable bonds is 14. The van der Waals surface area contributed by atoms with Crippen molar-refractivity contribution in [1.29, 1.82) is 0 Å². The first-order chi connectivity index (χ1) is 11.2. The second-order valence-corrected chi connectivity index (χ2v) is 7.41. The van der Waals surface area contributed by atoms with E-state index < -0.39 is 0 Å². The summed E-state index contributed by atoms with van der Waals surface area (Å²) in [5.41, 5.74) is 0. The van der Waals surface area contributed by atoms with Crippen molar-refractivity contribution in [3.05, 3.63) is 18.2 Å². The van der Waals surface area contributed by atoms with Crippen molar-refractivity contribution in [1.82, 2.24) is 4.98 Å². The van der Waals surface area contributed by atoms with Gasteiger partial charge in [0.05, 0.1) is 12.0 Å². The normalized spacial score (nSPS) is 14.1. The van der Waals surface area contributed by atoms with E-state index in [0.29, 0.717) is 12.0 Å². The maximum absolute atomic E-state index is 3.50. The summed E-state index contributed by atoms with van der Waals surface area (Å²) in [6, 6.07) is 0.622. The van der Waals surface area contributed by atoms with Crippen molar-refractivity contribution in [2.45, 2.75) is 117 Å². The van der Waals surface area contributed by atoms with E-state index in [0.717, 1.165) is 0 Å². The van der Waals surface area contributed by atoms with E-state index in [4.69, 9.17) is 0 Å². The molecule has 1 aromatic rings. The molecule has 0 saturated carbocycles. The summed E-state index contributed by atoms with van der Waals surface area (Å²) in [5.74, 6) is 2.07. The summed E-state index contributed by atoms with van der Waals surface area (Å²) in [7, 11) is 0. The Morgan fingerprint density at radius 3 is 2.09 bits per heavy atom. The maximum Gasteiger partial charge on any atom is 0.257 e. The highest BCUT2D eigenvalue weighted by atomic mass is 15.1. The van der Waals surface area contributed by atoms with Crippen LogP contribution in [0.15, 0.2) is 12.4 Å². The molecule has 0 radical (unpaired) electrons. The Kier molecular flexibility index (Phi) is 11.1. The lowest BCUT2D eigenvalue weighted by molar-refractivity contribution is -0.727. The largest absolute Gasteiger partial charge is 0.257 e. The summed E-state index contributed by atoms with van der Waals surface area (Å²) in [6.07, 6.45) is 20.8. The Morgan fingerprint density at radius 2 is 1.43 bits per heavy atom. The topological polar surface area (TPSA) is 19.7 Å². The minimum Gasteiger partial charge on any atom is -0.247 e. The van der Waals surface area contributed by atoms with Crippen molar-refractivity contribution in [3.63, 3.8) is 0 Å². The van der Waals surface area contributed by atoms with Crippen LogP contribution in [0.2, 0.25) is 0 Å². The third-order valence-electron chi connectivity index (χ3n) is 5.15. The van der Waals surface area contributed by atoms with Gasteiger partial charge in [-0.25, -0.2) is 9.55 Å². The molecule has 1 rings (SSSR count). The van der Waals surface area contributed by atoms with Crippen LogP contribution < -0.4 is 4.57 Å². The highest BCUT2D eigenvalue weighted by Gasteiger charge is 2.21. The predicted octanol–water partition coefficient (Wildman–Crippen LogP) is 6.69. The van der Waals surface area contributed by atoms with E-state index in [9.17, 15) is 0 Å². The molecule has 0 aliphatic rings. The second-order valence-electron chi connectivity index (χ2n) is 7.41. The Hall–Kier alpha value is -0.790. The molecule has 2 atom stereocenters. The lowest BCUT2D eigenvalue weighted by atomic mass is 10.00. The van der Waals surface area contributed by atoms with Gasteiger partial charge in [0.15, 0.2) is 0 Å². The molecule has 0 aromatic carbocycles. The molecule has 0 amide bonds. The average Bonchev–Trinajstić information content (AvgIpc) is 3.04. The SMILES string of the molecule is CCCCCCCCCCC(C)c1[nH]cc[n+]1C(C)CCCC. The fraction of sp³-hybridized carbons (Fsp3) is 0.857. The first-order valence-corrected chi connectivity index (χ1v) is 10.3. The molecule has 0 aliphatic carbocycles. The Morgan fingerprint density at radius 1 is 0.826 bits per heavy atom. The van der Waals surface area contributed by atoms with Gasteiger partial charge in [0.1, 0.15) is 12.4 Å². The van der Waals surface area contributed by atoms with Gasteiger partial charge in [-0.05, 0) is 26.2 Å². The minimum absolute atomic E-state index is 0.622. The quantitative estimate of drug-likeness (QED) is 0.291. The van der Waals surface area contributed by atoms with Crippen LogP contribution in [-0.4, -0.2) is 4.98 Å². The highest BCUT2D eigenvalue weighted by Crippen LogP contribution is 2.20. The molecule has 1 N–H and O–H groups in total. The third-order valence-corrected chi connectivity index (χ3v) is 5.15. The summed E-state index contributed by atoms with van der Waals surface area (Å²) < 4.78 is 2.48. The molecule has 0 aliphatic heterocycles. The number of nitrogens with zero attached hydrogens (tertiary/aromatic N) is 1. The number of aromatic amines is 1. The van der Waals surface area contributed by atoms with Gasteiger partial charge in [0, 0.05) is 0 Å². The molecule has 1 heterocycles. The van der Waals surface area contributed by atoms with Crippen molar-refractivity contribution < 1.29 is 4.57 Å². The molecule has 2 unspecified atom stereocenters. The average molecular weight is 322 g/mol. The Labute approximate surface area is 145 Å². The van der Waals surface area contributed by atoms with Gasteiger partial charge < -0.3 is 0 Å². The summed E-state index contributed by atoms with van der Waals surface area (Å²) in [4.78, 5) is 3.50. The van der Waals surface area contributed by atoms with Gasteiger partial charge in [-0.1, -0.05) is 78.6 Å².